The van der Waals surface area contributed by atoms with Gasteiger partial charge in [0.2, 0.25) is 11.8 Å². The SMILES string of the molecule is CCc1nnc(CN(C)Cc2ccc(Cl)cc2)o1. The van der Waals surface area contributed by atoms with E-state index in [0.29, 0.717) is 18.3 Å². The Morgan fingerprint density at radius 3 is 2.39 bits per heavy atom. The number of aryl methyl sites for hydroxylation is 1. The molecule has 0 aliphatic rings. The second-order valence-electron chi connectivity index (χ2n) is 4.24. The zero-order valence-electron chi connectivity index (χ0n) is 10.6. The number of rotatable bonds is 5. The van der Waals surface area contributed by atoms with Crippen molar-refractivity contribution in [1.82, 2.24) is 15.1 Å². The molecule has 1 heterocycles. The summed E-state index contributed by atoms with van der Waals surface area (Å²) < 4.78 is 5.48. The van der Waals surface area contributed by atoms with Crippen LogP contribution in [0, 0.1) is 0 Å². The standard InChI is InChI=1S/C13H16ClN3O/c1-3-12-15-16-13(18-12)9-17(2)8-10-4-6-11(14)7-5-10/h4-7H,3,8-9H2,1-2H3. The van der Waals surface area contributed by atoms with Crippen LogP contribution >= 0.6 is 11.6 Å². The van der Waals surface area contributed by atoms with E-state index in [0.717, 1.165) is 18.0 Å². The highest BCUT2D eigenvalue weighted by atomic mass is 35.5. The average molecular weight is 266 g/mol. The Morgan fingerprint density at radius 1 is 1.11 bits per heavy atom. The monoisotopic (exact) mass is 265 g/mol. The lowest BCUT2D eigenvalue weighted by molar-refractivity contribution is 0.277. The van der Waals surface area contributed by atoms with Crippen molar-refractivity contribution in [2.24, 2.45) is 0 Å². The molecule has 0 spiro atoms. The molecule has 5 heteroatoms. The molecule has 2 rings (SSSR count). The van der Waals surface area contributed by atoms with Gasteiger partial charge in [-0.15, -0.1) is 10.2 Å². The second-order valence-corrected chi connectivity index (χ2v) is 4.68. The van der Waals surface area contributed by atoms with Gasteiger partial charge < -0.3 is 4.42 Å². The van der Waals surface area contributed by atoms with Crippen LogP contribution < -0.4 is 0 Å². The van der Waals surface area contributed by atoms with Crippen LogP contribution in [0.5, 0.6) is 0 Å². The first-order valence-corrected chi connectivity index (χ1v) is 6.29. The molecule has 0 bridgehead atoms. The van der Waals surface area contributed by atoms with Crippen molar-refractivity contribution in [2.75, 3.05) is 7.05 Å². The van der Waals surface area contributed by atoms with Crippen LogP contribution in [0.2, 0.25) is 5.02 Å². The fourth-order valence-corrected chi connectivity index (χ4v) is 1.81. The summed E-state index contributed by atoms with van der Waals surface area (Å²) in [7, 11) is 2.02. The van der Waals surface area contributed by atoms with Gasteiger partial charge in [0.25, 0.3) is 0 Å². The molecule has 2 aromatic rings. The maximum absolute atomic E-state index is 5.85. The molecule has 0 saturated carbocycles. The van der Waals surface area contributed by atoms with E-state index in [9.17, 15) is 0 Å². The molecule has 0 aliphatic heterocycles. The van der Waals surface area contributed by atoms with Gasteiger partial charge >= 0.3 is 0 Å². The number of nitrogens with zero attached hydrogens (tertiary/aromatic N) is 3. The summed E-state index contributed by atoms with van der Waals surface area (Å²) in [6, 6.07) is 7.83. The molecule has 1 aromatic carbocycles. The van der Waals surface area contributed by atoms with Crippen LogP contribution in [-0.2, 0) is 19.5 Å². The summed E-state index contributed by atoms with van der Waals surface area (Å²) in [5, 5.41) is 8.70. The molecule has 0 aliphatic carbocycles. The van der Waals surface area contributed by atoms with Crippen molar-refractivity contribution < 1.29 is 4.42 Å². The summed E-state index contributed by atoms with van der Waals surface area (Å²) >= 11 is 5.85. The molecular formula is C13H16ClN3O. The molecular weight excluding hydrogens is 250 g/mol. The summed E-state index contributed by atoms with van der Waals surface area (Å²) in [5.74, 6) is 1.34. The van der Waals surface area contributed by atoms with E-state index >= 15 is 0 Å². The van der Waals surface area contributed by atoms with Gasteiger partial charge in [-0.25, -0.2) is 0 Å². The number of hydrogen-bond donors (Lipinski definition) is 0. The van der Waals surface area contributed by atoms with Crippen LogP contribution in [0.15, 0.2) is 28.7 Å². The lowest BCUT2D eigenvalue weighted by Gasteiger charge is -2.14. The fourth-order valence-electron chi connectivity index (χ4n) is 1.68. The van der Waals surface area contributed by atoms with E-state index in [2.05, 4.69) is 15.1 Å². The van der Waals surface area contributed by atoms with Crippen molar-refractivity contribution in [1.29, 1.82) is 0 Å². The van der Waals surface area contributed by atoms with Crippen molar-refractivity contribution in [3.8, 4) is 0 Å². The van der Waals surface area contributed by atoms with Crippen molar-refractivity contribution >= 4 is 11.6 Å². The van der Waals surface area contributed by atoms with Crippen molar-refractivity contribution in [2.45, 2.75) is 26.4 Å². The third-order valence-electron chi connectivity index (χ3n) is 2.58. The zero-order valence-corrected chi connectivity index (χ0v) is 11.3. The Kier molecular flexibility index (Phi) is 4.33. The third kappa shape index (κ3) is 3.55. The van der Waals surface area contributed by atoms with Gasteiger partial charge in [-0.2, -0.15) is 0 Å². The first kappa shape index (κ1) is 13.1. The van der Waals surface area contributed by atoms with Crippen LogP contribution in [0.3, 0.4) is 0 Å². The van der Waals surface area contributed by atoms with Gasteiger partial charge in [0.1, 0.15) is 0 Å². The summed E-state index contributed by atoms with van der Waals surface area (Å²) in [6.45, 7) is 3.46. The Bertz CT molecular complexity index is 495. The van der Waals surface area contributed by atoms with Crippen molar-refractivity contribution in [3.05, 3.63) is 46.6 Å². The number of halogens is 1. The highest BCUT2D eigenvalue weighted by Crippen LogP contribution is 2.12. The first-order chi connectivity index (χ1) is 8.67. The first-order valence-electron chi connectivity index (χ1n) is 5.91. The highest BCUT2D eigenvalue weighted by molar-refractivity contribution is 6.30. The smallest absolute Gasteiger partial charge is 0.230 e. The maximum atomic E-state index is 5.85. The molecule has 0 N–H and O–H groups in total. The minimum Gasteiger partial charge on any atom is -0.424 e. The lowest BCUT2D eigenvalue weighted by Crippen LogP contribution is -2.17. The van der Waals surface area contributed by atoms with Gasteiger partial charge in [-0.1, -0.05) is 30.7 Å². The fraction of sp³-hybridized carbons (Fsp3) is 0.385. The molecule has 0 amide bonds. The van der Waals surface area contributed by atoms with E-state index in [1.807, 2.05) is 38.2 Å². The lowest BCUT2D eigenvalue weighted by atomic mass is 10.2. The van der Waals surface area contributed by atoms with Crippen molar-refractivity contribution in [3.63, 3.8) is 0 Å². The van der Waals surface area contributed by atoms with Gasteiger partial charge in [-0.05, 0) is 24.7 Å². The summed E-state index contributed by atoms with van der Waals surface area (Å²) in [5.41, 5.74) is 1.21. The maximum Gasteiger partial charge on any atom is 0.230 e. The topological polar surface area (TPSA) is 42.2 Å². The van der Waals surface area contributed by atoms with E-state index in [1.54, 1.807) is 0 Å². The normalized spacial score (nSPS) is 11.1. The van der Waals surface area contributed by atoms with Crippen LogP contribution in [0.25, 0.3) is 0 Å². The van der Waals surface area contributed by atoms with Gasteiger partial charge in [0.15, 0.2) is 0 Å². The molecule has 0 saturated heterocycles. The Labute approximate surface area is 112 Å². The molecule has 0 fully saturated rings. The number of hydrogen-bond acceptors (Lipinski definition) is 4. The molecule has 0 atom stereocenters. The summed E-state index contributed by atoms with van der Waals surface area (Å²) in [6.07, 6.45) is 0.772. The molecule has 96 valence electrons. The van der Waals surface area contributed by atoms with Gasteiger partial charge in [0, 0.05) is 18.0 Å². The van der Waals surface area contributed by atoms with Crippen LogP contribution in [0.1, 0.15) is 24.3 Å². The molecule has 0 radical (unpaired) electrons. The van der Waals surface area contributed by atoms with E-state index in [1.165, 1.54) is 5.56 Å². The summed E-state index contributed by atoms with van der Waals surface area (Å²) in [4.78, 5) is 2.12. The van der Waals surface area contributed by atoms with E-state index in [4.69, 9.17) is 16.0 Å². The average Bonchev–Trinajstić information content (AvgIpc) is 2.79. The quantitative estimate of drug-likeness (QED) is 0.834. The number of aromatic nitrogens is 2. The highest BCUT2D eigenvalue weighted by Gasteiger charge is 2.08. The molecule has 1 aromatic heterocycles. The third-order valence-corrected chi connectivity index (χ3v) is 2.83. The zero-order chi connectivity index (χ0) is 13.0. The predicted molar refractivity (Wildman–Crippen MR) is 70.3 cm³/mol. The van der Waals surface area contributed by atoms with Gasteiger partial charge in [0.05, 0.1) is 6.54 Å². The minimum atomic E-state index is 0.648. The number of benzene rings is 1. The minimum absolute atomic E-state index is 0.648. The van der Waals surface area contributed by atoms with E-state index < -0.39 is 0 Å². The Morgan fingerprint density at radius 2 is 1.78 bits per heavy atom. The van der Waals surface area contributed by atoms with Crippen LogP contribution in [-0.4, -0.2) is 22.1 Å². The largest absolute Gasteiger partial charge is 0.424 e. The molecule has 0 unspecified atom stereocenters. The van der Waals surface area contributed by atoms with E-state index in [-0.39, 0.29) is 0 Å². The molecule has 18 heavy (non-hydrogen) atoms. The predicted octanol–water partition coefficient (Wildman–Crippen LogP) is 2.92. The second kappa shape index (κ2) is 5.98. The molecule has 4 nitrogen and oxygen atoms in total. The Balaban J connectivity index is 1.91. The van der Waals surface area contributed by atoms with Gasteiger partial charge in [-0.3, -0.25) is 4.90 Å². The van der Waals surface area contributed by atoms with Crippen LogP contribution in [0.4, 0.5) is 0 Å². The Hall–Kier alpha value is -1.39.